The number of sulfone groups is 1. The largest absolute Gasteiger partial charge is 0.332 e. The van der Waals surface area contributed by atoms with Gasteiger partial charge in [0.2, 0.25) is 5.91 Å². The smallest absolute Gasteiger partial charge is 0.224 e. The third-order valence-electron chi connectivity index (χ3n) is 4.17. The summed E-state index contributed by atoms with van der Waals surface area (Å²) in [7, 11) is -3.45. The summed E-state index contributed by atoms with van der Waals surface area (Å²) in [6.07, 6.45) is 1.64. The Morgan fingerprint density at radius 3 is 2.75 bits per heavy atom. The van der Waals surface area contributed by atoms with Crippen molar-refractivity contribution in [1.29, 1.82) is 0 Å². The molecule has 1 aliphatic heterocycles. The fourth-order valence-electron chi connectivity index (χ4n) is 2.95. The average Bonchev–Trinajstić information content (AvgIpc) is 3.22. The van der Waals surface area contributed by atoms with Gasteiger partial charge in [0.05, 0.1) is 16.7 Å². The van der Waals surface area contributed by atoms with Gasteiger partial charge in [0.25, 0.3) is 0 Å². The molecule has 1 aromatic carbocycles. The van der Waals surface area contributed by atoms with E-state index < -0.39 is 9.84 Å². The second kappa shape index (κ2) is 6.72. The number of rotatable bonds is 5. The van der Waals surface area contributed by atoms with Crippen molar-refractivity contribution in [1.82, 2.24) is 20.1 Å². The van der Waals surface area contributed by atoms with Crippen molar-refractivity contribution >= 4 is 15.7 Å². The van der Waals surface area contributed by atoms with E-state index >= 15 is 0 Å². The Bertz CT molecular complexity index is 817. The fourth-order valence-corrected chi connectivity index (χ4v) is 4.20. The van der Waals surface area contributed by atoms with E-state index in [0.29, 0.717) is 18.2 Å². The van der Waals surface area contributed by atoms with E-state index in [-0.39, 0.29) is 29.0 Å². The van der Waals surface area contributed by atoms with Crippen LogP contribution in [-0.2, 0) is 14.6 Å². The van der Waals surface area contributed by atoms with Gasteiger partial charge in [0.1, 0.15) is 5.82 Å². The van der Waals surface area contributed by atoms with E-state index in [2.05, 4.69) is 15.2 Å². The number of H-pyrrole nitrogens is 1. The van der Waals surface area contributed by atoms with E-state index in [9.17, 15) is 13.2 Å². The number of likely N-dealkylation sites (tertiary alicyclic amines) is 1. The van der Waals surface area contributed by atoms with Crippen LogP contribution in [0.25, 0.3) is 0 Å². The number of aromatic amines is 1. The molecule has 1 saturated heterocycles. The molecular formula is C16H20N4O3S. The van der Waals surface area contributed by atoms with Gasteiger partial charge < -0.3 is 4.90 Å². The molecule has 8 heteroatoms. The summed E-state index contributed by atoms with van der Waals surface area (Å²) >= 11 is 0. The summed E-state index contributed by atoms with van der Waals surface area (Å²) in [5.41, 5.74) is 0. The van der Waals surface area contributed by atoms with Gasteiger partial charge in [-0.1, -0.05) is 18.2 Å². The predicted molar refractivity (Wildman–Crippen MR) is 87.9 cm³/mol. The lowest BCUT2D eigenvalue weighted by Gasteiger charge is -2.22. The first-order valence-electron chi connectivity index (χ1n) is 7.93. The maximum Gasteiger partial charge on any atom is 0.224 e. The standard InChI is InChI=1S/C16H20N4O3S/c1-12-17-16(19-18-12)14-8-5-10-20(14)15(21)9-11-24(22,23)13-6-3-2-4-7-13/h2-4,6-7,14H,5,8-11H2,1H3,(H,17,18,19)/t14-/m0/s1. The van der Waals surface area contributed by atoms with Crippen molar-refractivity contribution in [3.8, 4) is 0 Å². The van der Waals surface area contributed by atoms with Crippen LogP contribution in [0.2, 0.25) is 0 Å². The molecule has 128 valence electrons. The summed E-state index contributed by atoms with van der Waals surface area (Å²) in [4.78, 5) is 18.8. The monoisotopic (exact) mass is 348 g/mol. The van der Waals surface area contributed by atoms with Crippen LogP contribution in [0.15, 0.2) is 35.2 Å². The third-order valence-corrected chi connectivity index (χ3v) is 5.90. The van der Waals surface area contributed by atoms with Gasteiger partial charge in [-0.3, -0.25) is 9.89 Å². The number of hydrogen-bond acceptors (Lipinski definition) is 5. The molecule has 3 rings (SSSR count). The van der Waals surface area contributed by atoms with Crippen molar-refractivity contribution in [2.24, 2.45) is 0 Å². The van der Waals surface area contributed by atoms with Crippen molar-refractivity contribution in [3.05, 3.63) is 42.0 Å². The molecule has 1 aliphatic rings. The summed E-state index contributed by atoms with van der Waals surface area (Å²) in [6, 6.07) is 8.05. The lowest BCUT2D eigenvalue weighted by molar-refractivity contribution is -0.131. The SMILES string of the molecule is Cc1nc([C@@H]2CCCN2C(=O)CCS(=O)(=O)c2ccccc2)n[nH]1. The molecule has 0 unspecified atom stereocenters. The molecule has 1 amide bonds. The molecule has 24 heavy (non-hydrogen) atoms. The highest BCUT2D eigenvalue weighted by atomic mass is 32.2. The highest BCUT2D eigenvalue weighted by Gasteiger charge is 2.33. The van der Waals surface area contributed by atoms with Crippen molar-refractivity contribution in [2.75, 3.05) is 12.3 Å². The Kier molecular flexibility index (Phi) is 4.66. The Labute approximate surface area is 141 Å². The minimum atomic E-state index is -3.45. The minimum absolute atomic E-state index is 0.0306. The van der Waals surface area contributed by atoms with Gasteiger partial charge in [-0.15, -0.1) is 0 Å². The normalized spacial score (nSPS) is 18.0. The summed E-state index contributed by atoms with van der Waals surface area (Å²) < 4.78 is 24.6. The van der Waals surface area contributed by atoms with Crippen LogP contribution in [0, 0.1) is 6.92 Å². The Hall–Kier alpha value is -2.22. The molecular weight excluding hydrogens is 328 g/mol. The van der Waals surface area contributed by atoms with E-state index in [1.165, 1.54) is 0 Å². The van der Waals surface area contributed by atoms with Crippen LogP contribution in [-0.4, -0.2) is 46.7 Å². The van der Waals surface area contributed by atoms with Gasteiger partial charge in [-0.2, -0.15) is 5.10 Å². The first kappa shape index (κ1) is 16.6. The number of nitrogens with zero attached hydrogens (tertiary/aromatic N) is 3. The van der Waals surface area contributed by atoms with Gasteiger partial charge in [0.15, 0.2) is 15.7 Å². The van der Waals surface area contributed by atoms with E-state index in [0.717, 1.165) is 12.8 Å². The van der Waals surface area contributed by atoms with Crippen molar-refractivity contribution < 1.29 is 13.2 Å². The first-order chi connectivity index (χ1) is 11.5. The Morgan fingerprint density at radius 2 is 2.08 bits per heavy atom. The average molecular weight is 348 g/mol. The number of aromatic nitrogens is 3. The zero-order valence-electron chi connectivity index (χ0n) is 13.5. The molecule has 1 N–H and O–H groups in total. The molecule has 1 atom stereocenters. The third kappa shape index (κ3) is 3.48. The molecule has 2 heterocycles. The molecule has 0 bridgehead atoms. The van der Waals surface area contributed by atoms with Crippen LogP contribution in [0.5, 0.6) is 0 Å². The van der Waals surface area contributed by atoms with Crippen molar-refractivity contribution in [2.45, 2.75) is 37.1 Å². The molecule has 0 aliphatic carbocycles. The maximum atomic E-state index is 12.5. The van der Waals surface area contributed by atoms with Gasteiger partial charge in [0, 0.05) is 13.0 Å². The highest BCUT2D eigenvalue weighted by Crippen LogP contribution is 2.30. The number of carbonyl (C=O) groups excluding carboxylic acids is 1. The number of aryl methyl sites for hydroxylation is 1. The molecule has 0 radical (unpaired) electrons. The van der Waals surface area contributed by atoms with Gasteiger partial charge in [-0.05, 0) is 31.9 Å². The zero-order chi connectivity index (χ0) is 17.2. The maximum absolute atomic E-state index is 12.5. The summed E-state index contributed by atoms with van der Waals surface area (Å²) in [6.45, 7) is 2.42. The van der Waals surface area contributed by atoms with Crippen LogP contribution in [0.3, 0.4) is 0 Å². The van der Waals surface area contributed by atoms with E-state index in [4.69, 9.17) is 0 Å². The van der Waals surface area contributed by atoms with Crippen LogP contribution in [0.1, 0.15) is 37.0 Å². The molecule has 1 fully saturated rings. The van der Waals surface area contributed by atoms with Crippen molar-refractivity contribution in [3.63, 3.8) is 0 Å². The Balaban J connectivity index is 1.66. The molecule has 1 aromatic heterocycles. The lowest BCUT2D eigenvalue weighted by atomic mass is 10.2. The van der Waals surface area contributed by atoms with Gasteiger partial charge in [-0.25, -0.2) is 13.4 Å². The number of carbonyl (C=O) groups is 1. The second-order valence-corrected chi connectivity index (χ2v) is 8.02. The molecule has 2 aromatic rings. The molecule has 0 saturated carbocycles. The lowest BCUT2D eigenvalue weighted by Crippen LogP contribution is -2.32. The number of amides is 1. The Morgan fingerprint density at radius 1 is 1.33 bits per heavy atom. The van der Waals surface area contributed by atoms with Crippen LogP contribution in [0.4, 0.5) is 0 Å². The number of nitrogens with one attached hydrogen (secondary N) is 1. The molecule has 7 nitrogen and oxygen atoms in total. The van der Waals surface area contributed by atoms with E-state index in [1.807, 2.05) is 6.92 Å². The number of hydrogen-bond donors (Lipinski definition) is 1. The van der Waals surface area contributed by atoms with Crippen LogP contribution >= 0.6 is 0 Å². The fraction of sp³-hybridized carbons (Fsp3) is 0.438. The number of benzene rings is 1. The quantitative estimate of drug-likeness (QED) is 0.886. The summed E-state index contributed by atoms with van der Waals surface area (Å²) in [5, 5.41) is 6.93. The second-order valence-electron chi connectivity index (χ2n) is 5.91. The van der Waals surface area contributed by atoms with Crippen LogP contribution < -0.4 is 0 Å². The summed E-state index contributed by atoms with van der Waals surface area (Å²) in [5.74, 6) is 0.950. The topological polar surface area (TPSA) is 96.0 Å². The van der Waals surface area contributed by atoms with E-state index in [1.54, 1.807) is 35.2 Å². The first-order valence-corrected chi connectivity index (χ1v) is 9.59. The molecule has 0 spiro atoms. The minimum Gasteiger partial charge on any atom is -0.332 e. The zero-order valence-corrected chi connectivity index (χ0v) is 14.3. The van der Waals surface area contributed by atoms with Gasteiger partial charge >= 0.3 is 0 Å². The predicted octanol–water partition coefficient (Wildman–Crippen LogP) is 1.64. The highest BCUT2D eigenvalue weighted by molar-refractivity contribution is 7.91.